The van der Waals surface area contributed by atoms with Gasteiger partial charge in [0.25, 0.3) is 0 Å². The molecule has 1 saturated carbocycles. The molecule has 2 rings (SSSR count). The van der Waals surface area contributed by atoms with E-state index in [0.29, 0.717) is 24.2 Å². The number of carbonyl (C=O) groups is 1. The fourth-order valence-corrected chi connectivity index (χ4v) is 5.01. The third-order valence-electron chi connectivity index (χ3n) is 6.33. The first-order chi connectivity index (χ1) is 13.3. The van der Waals surface area contributed by atoms with Gasteiger partial charge in [0.2, 0.25) is 4.33 Å². The molecule has 0 heterocycles. The van der Waals surface area contributed by atoms with Gasteiger partial charge in [-0.05, 0) is 58.8 Å². The Labute approximate surface area is 187 Å². The Morgan fingerprint density at radius 3 is 1.76 bits per heavy atom. The van der Waals surface area contributed by atoms with Crippen molar-refractivity contribution in [2.24, 2.45) is 11.8 Å². The first kappa shape index (κ1) is 24.7. The van der Waals surface area contributed by atoms with E-state index in [0.717, 1.165) is 0 Å². The number of hydrogen-bond donors (Lipinski definition) is 0. The smallest absolute Gasteiger partial charge is 0.201 e. The first-order valence-electron chi connectivity index (χ1n) is 11.0. The van der Waals surface area contributed by atoms with Crippen molar-refractivity contribution in [1.29, 1.82) is 0 Å². The molecule has 2 nitrogen and oxygen atoms in total. The Morgan fingerprint density at radius 2 is 1.38 bits per heavy atom. The normalized spacial score (nSPS) is 23.1. The van der Waals surface area contributed by atoms with Crippen LogP contribution in [-0.4, -0.2) is 16.2 Å². The average Bonchev–Trinajstić information content (AvgIpc) is 2.83. The van der Waals surface area contributed by atoms with E-state index >= 15 is 0 Å². The predicted octanol–water partition coefficient (Wildman–Crippen LogP) is 7.92. The quantitative estimate of drug-likeness (QED) is 0.402. The van der Waals surface area contributed by atoms with Gasteiger partial charge in [0.15, 0.2) is 5.78 Å². The molecule has 1 fully saturated rings. The molecule has 0 aliphatic heterocycles. The lowest BCUT2D eigenvalue weighted by atomic mass is 9.82. The van der Waals surface area contributed by atoms with Crippen LogP contribution < -0.4 is 0 Å². The van der Waals surface area contributed by atoms with Crippen molar-refractivity contribution in [2.45, 2.75) is 103 Å². The molecule has 0 amide bonds. The van der Waals surface area contributed by atoms with Crippen LogP contribution in [0.25, 0.3) is 0 Å². The van der Waals surface area contributed by atoms with Crippen LogP contribution in [-0.2, 0) is 9.53 Å². The van der Waals surface area contributed by atoms with Gasteiger partial charge in [-0.1, -0.05) is 90.7 Å². The van der Waals surface area contributed by atoms with Crippen LogP contribution in [0.1, 0.15) is 115 Å². The molecule has 3 atom stereocenters. The SMILES string of the molecule is CC(C)c1cc(C(C)C)c([C@H](C)OC2[C@@H](C(C)C)CC(=O)C2(Cl)Cl)c(C(C)C)c1. The summed E-state index contributed by atoms with van der Waals surface area (Å²) < 4.78 is 5.08. The van der Waals surface area contributed by atoms with Crippen molar-refractivity contribution in [2.75, 3.05) is 0 Å². The van der Waals surface area contributed by atoms with Gasteiger partial charge in [0, 0.05) is 6.42 Å². The molecule has 1 aliphatic rings. The van der Waals surface area contributed by atoms with Crippen molar-refractivity contribution in [3.05, 3.63) is 34.4 Å². The minimum Gasteiger partial charge on any atom is -0.367 e. The van der Waals surface area contributed by atoms with Crippen LogP contribution >= 0.6 is 23.2 Å². The van der Waals surface area contributed by atoms with Gasteiger partial charge in [-0.3, -0.25) is 4.79 Å². The minimum atomic E-state index is -1.48. The molecular formula is C25H38Cl2O2. The molecule has 1 aliphatic carbocycles. The number of Topliss-reactive ketones (excluding diaryl/α,β-unsaturated/α-hetero) is 1. The molecule has 1 aromatic rings. The van der Waals surface area contributed by atoms with E-state index in [9.17, 15) is 4.79 Å². The fraction of sp³-hybridized carbons (Fsp3) is 0.720. The van der Waals surface area contributed by atoms with Crippen molar-refractivity contribution in [3.8, 4) is 0 Å². The van der Waals surface area contributed by atoms with Gasteiger partial charge in [-0.2, -0.15) is 0 Å². The van der Waals surface area contributed by atoms with Crippen molar-refractivity contribution in [1.82, 2.24) is 0 Å². The maximum absolute atomic E-state index is 12.5. The largest absolute Gasteiger partial charge is 0.367 e. The lowest BCUT2D eigenvalue weighted by molar-refractivity contribution is -0.119. The molecule has 1 unspecified atom stereocenters. The van der Waals surface area contributed by atoms with E-state index < -0.39 is 10.4 Å². The number of rotatable bonds is 7. The average molecular weight is 441 g/mol. The maximum Gasteiger partial charge on any atom is 0.201 e. The summed E-state index contributed by atoms with van der Waals surface area (Å²) in [7, 11) is 0. The highest BCUT2D eigenvalue weighted by Gasteiger charge is 2.55. The summed E-state index contributed by atoms with van der Waals surface area (Å²) in [6, 6.07) is 4.65. The highest BCUT2D eigenvalue weighted by molar-refractivity contribution is 6.59. The summed E-state index contributed by atoms with van der Waals surface area (Å²) in [6.07, 6.45) is -0.319. The Balaban J connectivity index is 2.53. The van der Waals surface area contributed by atoms with Crippen LogP contribution in [0.3, 0.4) is 0 Å². The zero-order valence-corrected chi connectivity index (χ0v) is 21.0. The van der Waals surface area contributed by atoms with Crippen LogP contribution in [0.5, 0.6) is 0 Å². The number of hydrogen-bond acceptors (Lipinski definition) is 2. The van der Waals surface area contributed by atoms with Crippen molar-refractivity contribution < 1.29 is 9.53 Å². The number of alkyl halides is 2. The molecule has 0 aromatic heterocycles. The summed E-state index contributed by atoms with van der Waals surface area (Å²) in [5, 5.41) is 0. The molecule has 1 aromatic carbocycles. The van der Waals surface area contributed by atoms with Gasteiger partial charge in [0.1, 0.15) is 6.10 Å². The first-order valence-corrected chi connectivity index (χ1v) is 11.8. The van der Waals surface area contributed by atoms with Crippen molar-refractivity contribution >= 4 is 29.0 Å². The summed E-state index contributed by atoms with van der Waals surface area (Å²) >= 11 is 13.0. The van der Waals surface area contributed by atoms with Gasteiger partial charge < -0.3 is 4.74 Å². The topological polar surface area (TPSA) is 26.3 Å². The summed E-state index contributed by atoms with van der Waals surface area (Å²) in [5.41, 5.74) is 5.21. The Bertz CT molecular complexity index is 705. The van der Waals surface area contributed by atoms with Crippen LogP contribution in [0.15, 0.2) is 12.1 Å². The molecule has 4 heteroatoms. The van der Waals surface area contributed by atoms with Crippen LogP contribution in [0.2, 0.25) is 0 Å². The molecule has 0 spiro atoms. The van der Waals surface area contributed by atoms with Crippen molar-refractivity contribution in [3.63, 3.8) is 0 Å². The molecule has 29 heavy (non-hydrogen) atoms. The lowest BCUT2D eigenvalue weighted by Gasteiger charge is -2.33. The summed E-state index contributed by atoms with van der Waals surface area (Å²) in [5.74, 6) is 1.38. The summed E-state index contributed by atoms with van der Waals surface area (Å²) in [6.45, 7) is 19.6. The van der Waals surface area contributed by atoms with Gasteiger partial charge in [-0.25, -0.2) is 0 Å². The van der Waals surface area contributed by atoms with E-state index in [1.54, 1.807) is 0 Å². The number of halogens is 2. The lowest BCUT2D eigenvalue weighted by Crippen LogP contribution is -2.38. The van der Waals surface area contributed by atoms with E-state index in [4.69, 9.17) is 27.9 Å². The highest BCUT2D eigenvalue weighted by atomic mass is 35.5. The number of carbonyl (C=O) groups excluding carboxylic acids is 1. The number of ether oxygens (including phenoxy) is 1. The van der Waals surface area contributed by atoms with Gasteiger partial charge in [0.05, 0.1) is 6.10 Å². The zero-order chi connectivity index (χ0) is 22.3. The van der Waals surface area contributed by atoms with E-state index in [2.05, 4.69) is 74.4 Å². The second-order valence-corrected chi connectivity index (χ2v) is 11.3. The third-order valence-corrected chi connectivity index (χ3v) is 7.18. The molecular weight excluding hydrogens is 403 g/mol. The standard InChI is InChI=1S/C25H38Cl2O2/c1-13(2)18-10-19(14(3)4)23(20(11-18)15(5)6)17(9)29-24-21(16(7)8)12-22(28)25(24,26)27/h10-11,13-17,21,24H,12H2,1-9H3/t17-,21+,24?/m0/s1. The van der Waals surface area contributed by atoms with Gasteiger partial charge in [-0.15, -0.1) is 0 Å². The van der Waals surface area contributed by atoms with E-state index in [-0.39, 0.29) is 23.7 Å². The van der Waals surface area contributed by atoms with Gasteiger partial charge >= 0.3 is 0 Å². The molecule has 0 saturated heterocycles. The Hall–Kier alpha value is -0.570. The van der Waals surface area contributed by atoms with E-state index in [1.165, 1.54) is 22.3 Å². The monoisotopic (exact) mass is 440 g/mol. The van der Waals surface area contributed by atoms with E-state index in [1.807, 2.05) is 0 Å². The predicted molar refractivity (Wildman–Crippen MR) is 124 cm³/mol. The second kappa shape index (κ2) is 9.28. The molecule has 164 valence electrons. The molecule has 0 bridgehead atoms. The number of benzene rings is 1. The Morgan fingerprint density at radius 1 is 0.897 bits per heavy atom. The fourth-order valence-electron chi connectivity index (χ4n) is 4.43. The Kier molecular flexibility index (Phi) is 7.91. The maximum atomic E-state index is 12.5. The molecule has 0 radical (unpaired) electrons. The zero-order valence-electron chi connectivity index (χ0n) is 19.5. The van der Waals surface area contributed by atoms with Crippen LogP contribution in [0, 0.1) is 11.8 Å². The number of ketones is 1. The third kappa shape index (κ3) is 5.02. The minimum absolute atomic E-state index is 0.0277. The molecule has 0 N–H and O–H groups in total. The second-order valence-electron chi connectivity index (χ2n) is 9.93. The highest BCUT2D eigenvalue weighted by Crippen LogP contribution is 2.48. The van der Waals surface area contributed by atoms with Crippen LogP contribution in [0.4, 0.5) is 0 Å². The summed E-state index contributed by atoms with van der Waals surface area (Å²) in [4.78, 5) is 12.5.